The number of aromatic nitrogens is 6. The number of carboxylic acids is 1. The van der Waals surface area contributed by atoms with Crippen LogP contribution in [0.2, 0.25) is 0 Å². The van der Waals surface area contributed by atoms with Crippen molar-refractivity contribution in [2.75, 3.05) is 60.5 Å². The number of carboxylic acid groups (broad SMARTS) is 1. The fourth-order valence-electron chi connectivity index (χ4n) is 6.24. The zero-order chi connectivity index (χ0) is 42.2. The van der Waals surface area contributed by atoms with E-state index in [0.29, 0.717) is 49.8 Å². The summed E-state index contributed by atoms with van der Waals surface area (Å²) >= 11 is 0. The number of carbonyl (C=O) groups excluding carboxylic acids is 1. The number of phenols is 1. The van der Waals surface area contributed by atoms with Crippen LogP contribution in [-0.2, 0) is 27.3 Å². The Balaban J connectivity index is 1.09. The van der Waals surface area contributed by atoms with Crippen molar-refractivity contribution in [2.24, 2.45) is 0 Å². The van der Waals surface area contributed by atoms with Crippen LogP contribution in [0.3, 0.4) is 0 Å². The first-order chi connectivity index (χ1) is 29.8. The molecule has 0 amide bonds. The summed E-state index contributed by atoms with van der Waals surface area (Å²) in [5.41, 5.74) is 2.78. The average Bonchev–Trinajstić information content (AvgIpc) is 3.26. The molecule has 1 aliphatic heterocycles. The van der Waals surface area contributed by atoms with Crippen molar-refractivity contribution in [2.45, 2.75) is 31.7 Å². The third-order valence-corrected chi connectivity index (χ3v) is 9.26. The van der Waals surface area contributed by atoms with Gasteiger partial charge in [-0.1, -0.05) is 60.7 Å². The topological polar surface area (TPSA) is 234 Å². The maximum absolute atomic E-state index is 13.1. The predicted octanol–water partition coefficient (Wildman–Crippen LogP) is 5.28. The summed E-state index contributed by atoms with van der Waals surface area (Å²) in [6.45, 7) is 2.59. The number of hydroxylamine groups is 2. The summed E-state index contributed by atoms with van der Waals surface area (Å²) in [6, 6.07) is 33.6. The molecule has 7 N–H and O–H groups in total. The number of anilines is 5. The molecule has 0 radical (unpaired) electrons. The Morgan fingerprint density at radius 3 is 1.93 bits per heavy atom. The first kappa shape index (κ1) is 41.7. The lowest BCUT2D eigenvalue weighted by molar-refractivity contribution is -0.205. The molecule has 0 bridgehead atoms. The Hall–Kier alpha value is -7.44. The highest BCUT2D eigenvalue weighted by molar-refractivity contribution is 5.70. The summed E-state index contributed by atoms with van der Waals surface area (Å²) in [7, 11) is 0. The van der Waals surface area contributed by atoms with E-state index in [2.05, 4.69) is 68.6 Å². The molecule has 18 heteroatoms. The summed E-state index contributed by atoms with van der Waals surface area (Å²) in [5, 5.41) is 36.5. The third-order valence-electron chi connectivity index (χ3n) is 9.26. The lowest BCUT2D eigenvalue weighted by Gasteiger charge is -2.34. The van der Waals surface area contributed by atoms with Gasteiger partial charge in [0.25, 0.3) is 0 Å². The molecule has 1 atom stereocenters. The fourth-order valence-corrected chi connectivity index (χ4v) is 6.24. The number of aliphatic carboxylic acids is 1. The van der Waals surface area contributed by atoms with E-state index in [1.165, 1.54) is 0 Å². The number of hydrogen-bond donors (Lipinski definition) is 7. The second-order valence-corrected chi connectivity index (χ2v) is 13.9. The van der Waals surface area contributed by atoms with Crippen LogP contribution >= 0.6 is 0 Å². The van der Waals surface area contributed by atoms with Crippen LogP contribution in [0.4, 0.5) is 29.5 Å². The van der Waals surface area contributed by atoms with Gasteiger partial charge in [0.2, 0.25) is 35.4 Å². The van der Waals surface area contributed by atoms with Gasteiger partial charge in [-0.05, 0) is 72.5 Å². The molecular weight excluding hydrogens is 781 g/mol. The van der Waals surface area contributed by atoms with Gasteiger partial charge in [0, 0.05) is 45.0 Å². The number of nitrogens with zero attached hydrogens (tertiary/aromatic N) is 7. The van der Waals surface area contributed by atoms with Crippen LogP contribution in [0.15, 0.2) is 109 Å². The highest BCUT2D eigenvalue weighted by Gasteiger charge is 2.26. The summed E-state index contributed by atoms with van der Waals surface area (Å²) in [6.07, 6.45) is 1.18. The molecule has 6 aromatic rings. The molecule has 4 aromatic carbocycles. The smallest absolute Gasteiger partial charge is 0.326 e. The van der Waals surface area contributed by atoms with Gasteiger partial charge in [-0.15, -0.1) is 5.06 Å². The number of phenolic OH excluding ortho intramolecular Hbond substituents is 1. The van der Waals surface area contributed by atoms with Crippen molar-refractivity contribution in [3.63, 3.8) is 0 Å². The van der Waals surface area contributed by atoms with Crippen molar-refractivity contribution in [3.05, 3.63) is 120 Å². The van der Waals surface area contributed by atoms with E-state index >= 15 is 0 Å². The number of aromatic hydroxyl groups is 1. The minimum Gasteiger partial charge on any atom is -0.508 e. The van der Waals surface area contributed by atoms with Gasteiger partial charge in [0.1, 0.15) is 17.2 Å². The number of piperazine rings is 1. The van der Waals surface area contributed by atoms with E-state index in [-0.39, 0.29) is 73.2 Å². The standard InChI is InChI=1S/C43H46N12O6/c56-33-15-11-29(12-16-33)19-22-45-40-49-38(50-41(53-40)46-23-20-36(57)58)39-51-42(54-43(52-39)48-31-13-17-35(18-14-31)60-34-9-5-2-6-10-34)47-24-21-37(59)61-55-26-25-44-28-32(55)27-30-7-3-1-4-8-30/h1-18,32,44,56H,19-28H2,(H,57,58)(H2,45,46,49,50,53)(H2,47,48,51,52,54). The molecule has 0 spiro atoms. The predicted molar refractivity (Wildman–Crippen MR) is 229 cm³/mol. The van der Waals surface area contributed by atoms with Crippen LogP contribution in [0, 0.1) is 0 Å². The Bertz CT molecular complexity index is 2340. The quantitative estimate of drug-likeness (QED) is 0.0518. The van der Waals surface area contributed by atoms with E-state index < -0.39 is 11.9 Å². The van der Waals surface area contributed by atoms with Crippen molar-refractivity contribution in [1.29, 1.82) is 0 Å². The van der Waals surface area contributed by atoms with Gasteiger partial charge < -0.3 is 46.4 Å². The second kappa shape index (κ2) is 21.0. The van der Waals surface area contributed by atoms with Gasteiger partial charge in [0.05, 0.1) is 18.9 Å². The molecule has 1 fully saturated rings. The Labute approximate surface area is 351 Å². The lowest BCUT2D eigenvalue weighted by atomic mass is 10.0. The highest BCUT2D eigenvalue weighted by atomic mass is 16.7. The number of hydrogen-bond acceptors (Lipinski definition) is 17. The molecule has 2 aromatic heterocycles. The monoisotopic (exact) mass is 826 g/mol. The van der Waals surface area contributed by atoms with Gasteiger partial charge in [-0.2, -0.15) is 29.9 Å². The summed E-state index contributed by atoms with van der Waals surface area (Å²) in [5.74, 6) is 0.851. The van der Waals surface area contributed by atoms with Crippen molar-refractivity contribution >= 4 is 41.4 Å². The number of ether oxygens (including phenoxy) is 1. The third kappa shape index (κ3) is 13.0. The fraction of sp³-hybridized carbons (Fsp3) is 0.256. The van der Waals surface area contributed by atoms with Crippen LogP contribution in [0.5, 0.6) is 17.2 Å². The molecule has 61 heavy (non-hydrogen) atoms. The van der Waals surface area contributed by atoms with Crippen LogP contribution in [0.25, 0.3) is 11.6 Å². The van der Waals surface area contributed by atoms with Crippen LogP contribution in [-0.4, -0.2) is 102 Å². The van der Waals surface area contributed by atoms with E-state index in [4.69, 9.17) is 9.57 Å². The van der Waals surface area contributed by atoms with E-state index in [0.717, 1.165) is 17.5 Å². The van der Waals surface area contributed by atoms with Gasteiger partial charge in [-0.25, -0.2) is 0 Å². The molecular formula is C43H46N12O6. The number of para-hydroxylation sites is 1. The SMILES string of the molecule is O=C(O)CCNc1nc(NCCc2ccc(O)cc2)nc(-c2nc(NCCC(=O)ON3CCNCC3Cc3ccccc3)nc(Nc3ccc(Oc4ccccc4)cc3)n2)n1. The lowest BCUT2D eigenvalue weighted by Crippen LogP contribution is -2.52. The zero-order valence-corrected chi connectivity index (χ0v) is 33.2. The summed E-state index contributed by atoms with van der Waals surface area (Å²) < 4.78 is 5.94. The maximum atomic E-state index is 13.1. The Kier molecular flexibility index (Phi) is 14.4. The highest BCUT2D eigenvalue weighted by Crippen LogP contribution is 2.25. The van der Waals surface area contributed by atoms with Crippen molar-refractivity contribution in [3.8, 4) is 28.9 Å². The van der Waals surface area contributed by atoms with E-state index in [1.54, 1.807) is 17.2 Å². The Morgan fingerprint density at radius 1 is 0.672 bits per heavy atom. The molecule has 18 nitrogen and oxygen atoms in total. The zero-order valence-electron chi connectivity index (χ0n) is 33.2. The van der Waals surface area contributed by atoms with Crippen LogP contribution < -0.4 is 31.3 Å². The van der Waals surface area contributed by atoms with Crippen molar-refractivity contribution < 1.29 is 29.4 Å². The van der Waals surface area contributed by atoms with E-state index in [9.17, 15) is 19.8 Å². The number of rotatable bonds is 20. The number of nitrogens with one attached hydrogen (secondary N) is 5. The maximum Gasteiger partial charge on any atom is 0.326 e. The molecule has 3 heterocycles. The molecule has 1 saturated heterocycles. The van der Waals surface area contributed by atoms with Gasteiger partial charge >= 0.3 is 11.9 Å². The number of carbonyl (C=O) groups is 2. The number of benzene rings is 4. The molecule has 1 unspecified atom stereocenters. The Morgan fingerprint density at radius 2 is 1.26 bits per heavy atom. The van der Waals surface area contributed by atoms with E-state index in [1.807, 2.05) is 84.9 Å². The first-order valence-electron chi connectivity index (χ1n) is 19.9. The van der Waals surface area contributed by atoms with Gasteiger partial charge in [0.15, 0.2) is 0 Å². The van der Waals surface area contributed by atoms with Crippen molar-refractivity contribution in [1.82, 2.24) is 40.3 Å². The molecule has 0 aliphatic carbocycles. The molecule has 7 rings (SSSR count). The second-order valence-electron chi connectivity index (χ2n) is 13.9. The molecule has 0 saturated carbocycles. The minimum absolute atomic E-state index is 0.0113. The van der Waals surface area contributed by atoms with Gasteiger partial charge in [-0.3, -0.25) is 9.59 Å². The normalized spacial score (nSPS) is 13.8. The van der Waals surface area contributed by atoms with Crippen LogP contribution in [0.1, 0.15) is 24.0 Å². The largest absolute Gasteiger partial charge is 0.508 e. The minimum atomic E-state index is -0.985. The first-order valence-corrected chi connectivity index (χ1v) is 19.9. The molecule has 1 aliphatic rings. The molecule has 314 valence electrons. The summed E-state index contributed by atoms with van der Waals surface area (Å²) in [4.78, 5) is 57.7. The average molecular weight is 827 g/mol.